The first-order chi connectivity index (χ1) is 6.66. The lowest BCUT2D eigenvalue weighted by Gasteiger charge is -2.15. The van der Waals surface area contributed by atoms with E-state index in [1.165, 1.54) is 0 Å². The van der Waals surface area contributed by atoms with E-state index in [9.17, 15) is 0 Å². The van der Waals surface area contributed by atoms with Crippen molar-refractivity contribution >= 4 is 34.9 Å². The number of amidine groups is 1. The topological polar surface area (TPSA) is 66.1 Å². The predicted molar refractivity (Wildman–Crippen MR) is 53.2 cm³/mol. The predicted octanol–water partition coefficient (Wildman–Crippen LogP) is 0.973. The Kier molecular flexibility index (Phi) is 2.47. The van der Waals surface area contributed by atoms with E-state index in [1.54, 1.807) is 18.2 Å². The molecule has 1 aliphatic rings. The first-order valence-electron chi connectivity index (χ1n) is 3.71. The van der Waals surface area contributed by atoms with E-state index in [2.05, 4.69) is 15.5 Å². The van der Waals surface area contributed by atoms with Gasteiger partial charge in [-0.2, -0.15) is 0 Å². The molecule has 1 heterocycles. The highest BCUT2D eigenvalue weighted by Crippen LogP contribution is 2.23. The van der Waals surface area contributed by atoms with Crippen LogP contribution in [-0.4, -0.2) is 6.02 Å². The van der Waals surface area contributed by atoms with Crippen molar-refractivity contribution in [2.75, 3.05) is 0 Å². The molecule has 2 rings (SSSR count). The van der Waals surface area contributed by atoms with Crippen molar-refractivity contribution in [3.63, 3.8) is 0 Å². The van der Waals surface area contributed by atoms with Gasteiger partial charge in [0.15, 0.2) is 5.69 Å². The molecule has 14 heavy (non-hydrogen) atoms. The van der Waals surface area contributed by atoms with Gasteiger partial charge >= 0.3 is 6.02 Å². The second-order valence-corrected chi connectivity index (χ2v) is 3.40. The Hall–Kier alpha value is -1.01. The Morgan fingerprint density at radius 3 is 2.71 bits per heavy atom. The molecular formula is C7H6Cl2N4O. The van der Waals surface area contributed by atoms with Crippen molar-refractivity contribution in [2.45, 2.75) is 0 Å². The standard InChI is InChI=1S/C7H6Cl2N4O/c8-5-2-1-4(3-6(5)9)13-11-7(10)14-12-13/h1-3,13H,(H2,10,11). The lowest BCUT2D eigenvalue weighted by atomic mass is 10.3. The van der Waals surface area contributed by atoms with E-state index < -0.39 is 0 Å². The van der Waals surface area contributed by atoms with Gasteiger partial charge in [-0.15, -0.1) is 0 Å². The molecule has 0 aliphatic carbocycles. The normalized spacial score (nSPS) is 20.4. The van der Waals surface area contributed by atoms with E-state index in [4.69, 9.17) is 28.9 Å². The number of hydrogen-bond acceptors (Lipinski definition) is 3. The van der Waals surface area contributed by atoms with Crippen LogP contribution in [-0.2, 0) is 4.84 Å². The van der Waals surface area contributed by atoms with Gasteiger partial charge in [-0.3, -0.25) is 0 Å². The summed E-state index contributed by atoms with van der Waals surface area (Å²) in [5, 5.41) is 5.16. The molecule has 0 aromatic heterocycles. The van der Waals surface area contributed by atoms with Crippen LogP contribution in [0.25, 0.3) is 5.59 Å². The number of nitrogens with two attached hydrogens (primary N) is 1. The van der Waals surface area contributed by atoms with Gasteiger partial charge in [-0.1, -0.05) is 23.2 Å². The molecule has 1 aliphatic heterocycles. The smallest absolute Gasteiger partial charge is 0.326 e. The minimum Gasteiger partial charge on any atom is -0.507 e. The molecule has 0 fully saturated rings. The van der Waals surface area contributed by atoms with E-state index in [-0.39, 0.29) is 6.02 Å². The SMILES string of the molecule is NC1=N[NH+](c2ccc(Cl)c(Cl)c2)[N-]O1. The Morgan fingerprint density at radius 2 is 2.14 bits per heavy atom. The summed E-state index contributed by atoms with van der Waals surface area (Å²) < 4.78 is 0. The fraction of sp³-hybridized carbons (Fsp3) is 0. The molecule has 0 radical (unpaired) electrons. The highest BCUT2D eigenvalue weighted by atomic mass is 35.5. The summed E-state index contributed by atoms with van der Waals surface area (Å²) >= 11 is 11.6. The van der Waals surface area contributed by atoms with Gasteiger partial charge in [0.05, 0.1) is 10.0 Å². The zero-order chi connectivity index (χ0) is 10.1. The van der Waals surface area contributed by atoms with Crippen molar-refractivity contribution in [3.8, 4) is 0 Å². The molecule has 0 saturated carbocycles. The molecule has 1 aromatic carbocycles. The maximum absolute atomic E-state index is 5.82. The minimum absolute atomic E-state index is 0.0195. The van der Waals surface area contributed by atoms with E-state index >= 15 is 0 Å². The van der Waals surface area contributed by atoms with Crippen LogP contribution in [0.5, 0.6) is 0 Å². The summed E-state index contributed by atoms with van der Waals surface area (Å²) in [6.45, 7) is 0. The number of halogens is 2. The quantitative estimate of drug-likeness (QED) is 0.758. The molecule has 0 bridgehead atoms. The molecule has 7 heteroatoms. The van der Waals surface area contributed by atoms with E-state index in [0.29, 0.717) is 20.9 Å². The van der Waals surface area contributed by atoms with E-state index in [0.717, 1.165) is 0 Å². The molecule has 0 amide bonds. The summed E-state index contributed by atoms with van der Waals surface area (Å²) in [5.41, 5.74) is 9.64. The average molecular weight is 233 g/mol. The monoisotopic (exact) mass is 232 g/mol. The van der Waals surface area contributed by atoms with Crippen LogP contribution in [0.15, 0.2) is 23.3 Å². The van der Waals surface area contributed by atoms with Crippen molar-refractivity contribution < 1.29 is 9.96 Å². The van der Waals surface area contributed by atoms with Gasteiger partial charge in [-0.05, 0) is 11.2 Å². The molecule has 0 saturated heterocycles. The van der Waals surface area contributed by atoms with Crippen LogP contribution < -0.4 is 10.9 Å². The molecule has 0 spiro atoms. The molecule has 1 unspecified atom stereocenters. The van der Waals surface area contributed by atoms with Crippen molar-refractivity contribution in [3.05, 3.63) is 33.8 Å². The van der Waals surface area contributed by atoms with Gasteiger partial charge < -0.3 is 10.6 Å². The summed E-state index contributed by atoms with van der Waals surface area (Å²) in [6.07, 6.45) is 0. The molecule has 1 atom stereocenters. The van der Waals surface area contributed by atoms with Crippen LogP contribution >= 0.6 is 23.2 Å². The fourth-order valence-electron chi connectivity index (χ4n) is 0.988. The Labute approximate surface area is 89.9 Å². The summed E-state index contributed by atoms with van der Waals surface area (Å²) in [7, 11) is 0. The zero-order valence-electron chi connectivity index (χ0n) is 6.87. The van der Waals surface area contributed by atoms with E-state index in [1.807, 2.05) is 0 Å². The lowest BCUT2D eigenvalue weighted by molar-refractivity contribution is -0.805. The summed E-state index contributed by atoms with van der Waals surface area (Å²) in [6, 6.07) is 5.06. The van der Waals surface area contributed by atoms with Crippen molar-refractivity contribution in [1.82, 2.24) is 0 Å². The maximum Gasteiger partial charge on any atom is 0.326 e. The summed E-state index contributed by atoms with van der Waals surface area (Å²) in [4.78, 5) is 4.63. The van der Waals surface area contributed by atoms with Crippen LogP contribution in [0.2, 0.25) is 10.0 Å². The first-order valence-corrected chi connectivity index (χ1v) is 4.47. The number of quaternary nitrogens is 1. The second kappa shape index (κ2) is 3.62. The maximum atomic E-state index is 5.82. The molecular weight excluding hydrogens is 227 g/mol. The first kappa shape index (κ1) is 9.54. The summed E-state index contributed by atoms with van der Waals surface area (Å²) in [5.74, 6) is 0. The molecule has 3 N–H and O–H groups in total. The van der Waals surface area contributed by atoms with Gasteiger partial charge in [0.25, 0.3) is 0 Å². The van der Waals surface area contributed by atoms with Crippen LogP contribution in [0.1, 0.15) is 0 Å². The highest BCUT2D eigenvalue weighted by molar-refractivity contribution is 6.42. The van der Waals surface area contributed by atoms with Crippen LogP contribution in [0.3, 0.4) is 0 Å². The Morgan fingerprint density at radius 1 is 1.36 bits per heavy atom. The number of nitrogens with zero attached hydrogens (tertiary/aromatic N) is 2. The zero-order valence-corrected chi connectivity index (χ0v) is 8.38. The fourth-order valence-corrected chi connectivity index (χ4v) is 1.29. The van der Waals surface area contributed by atoms with Crippen molar-refractivity contribution in [2.24, 2.45) is 10.8 Å². The number of nitrogens with one attached hydrogen (secondary N) is 1. The third kappa shape index (κ3) is 1.76. The van der Waals surface area contributed by atoms with Crippen LogP contribution in [0.4, 0.5) is 5.69 Å². The number of benzene rings is 1. The van der Waals surface area contributed by atoms with Gasteiger partial charge in [0.1, 0.15) is 0 Å². The third-order valence-corrected chi connectivity index (χ3v) is 2.36. The molecule has 74 valence electrons. The lowest BCUT2D eigenvalue weighted by Crippen LogP contribution is -2.96. The van der Waals surface area contributed by atoms with Gasteiger partial charge in [-0.25, -0.2) is 10.7 Å². The Bertz CT molecular complexity index is 395. The Balaban J connectivity index is 2.29. The largest absolute Gasteiger partial charge is 0.507 e. The van der Waals surface area contributed by atoms with Gasteiger partial charge in [0, 0.05) is 12.1 Å². The van der Waals surface area contributed by atoms with Crippen molar-refractivity contribution in [1.29, 1.82) is 0 Å². The number of rotatable bonds is 1. The average Bonchev–Trinajstić information content (AvgIpc) is 2.57. The minimum atomic E-state index is 0.0195. The van der Waals surface area contributed by atoms with Gasteiger partial charge in [0.2, 0.25) is 0 Å². The number of hydrogen-bond donors (Lipinski definition) is 2. The second-order valence-electron chi connectivity index (χ2n) is 2.59. The highest BCUT2D eigenvalue weighted by Gasteiger charge is 2.13. The molecule has 1 aromatic rings. The van der Waals surface area contributed by atoms with Crippen LogP contribution in [0, 0.1) is 0 Å². The third-order valence-electron chi connectivity index (χ3n) is 1.62. The molecule has 5 nitrogen and oxygen atoms in total.